The zero-order valence-corrected chi connectivity index (χ0v) is 10.2. The monoisotopic (exact) mass is 219 g/mol. The number of thioether (sulfide) groups is 1. The third kappa shape index (κ3) is 1.15. The van der Waals surface area contributed by atoms with Crippen molar-refractivity contribution >= 4 is 11.8 Å². The minimum Gasteiger partial charge on any atom is -0.306 e. The molecule has 0 amide bonds. The second kappa shape index (κ2) is 3.02. The van der Waals surface area contributed by atoms with Gasteiger partial charge >= 0.3 is 0 Å². The molecule has 1 nitrogen and oxygen atoms in total. The van der Waals surface area contributed by atoms with Crippen LogP contribution in [-0.2, 0) is 5.54 Å². The fraction of sp³-hybridized carbons (Fsp3) is 0.538. The molecule has 1 unspecified atom stereocenters. The van der Waals surface area contributed by atoms with Crippen molar-refractivity contribution in [3.8, 4) is 0 Å². The van der Waals surface area contributed by atoms with E-state index in [0.717, 1.165) is 6.54 Å². The van der Waals surface area contributed by atoms with E-state index in [-0.39, 0.29) is 5.54 Å². The molecule has 1 saturated heterocycles. The summed E-state index contributed by atoms with van der Waals surface area (Å²) in [5, 5.41) is 3.73. The summed E-state index contributed by atoms with van der Waals surface area (Å²) in [4.78, 5) is 1.47. The van der Waals surface area contributed by atoms with Crippen molar-refractivity contribution in [3.05, 3.63) is 29.8 Å². The summed E-state index contributed by atoms with van der Waals surface area (Å²) in [5.41, 5.74) is 1.67. The summed E-state index contributed by atoms with van der Waals surface area (Å²) < 4.78 is 0.342. The van der Waals surface area contributed by atoms with E-state index in [2.05, 4.69) is 55.2 Å². The largest absolute Gasteiger partial charge is 0.306 e. The predicted molar refractivity (Wildman–Crippen MR) is 65.3 cm³/mol. The van der Waals surface area contributed by atoms with E-state index >= 15 is 0 Å². The van der Waals surface area contributed by atoms with Crippen molar-refractivity contribution in [2.75, 3.05) is 6.54 Å². The summed E-state index contributed by atoms with van der Waals surface area (Å²) in [5.74, 6) is 0. The first-order valence-corrected chi connectivity index (χ1v) is 6.51. The van der Waals surface area contributed by atoms with Crippen LogP contribution >= 0.6 is 11.8 Å². The topological polar surface area (TPSA) is 12.0 Å². The number of hydrogen-bond acceptors (Lipinski definition) is 2. The van der Waals surface area contributed by atoms with Gasteiger partial charge in [0.05, 0.1) is 5.54 Å². The molecule has 0 aliphatic carbocycles. The highest BCUT2D eigenvalue weighted by molar-refractivity contribution is 8.01. The highest BCUT2D eigenvalue weighted by Gasteiger charge is 2.53. The van der Waals surface area contributed by atoms with E-state index in [1.165, 1.54) is 23.3 Å². The van der Waals surface area contributed by atoms with Gasteiger partial charge in [-0.2, -0.15) is 0 Å². The lowest BCUT2D eigenvalue weighted by Crippen LogP contribution is -2.56. The lowest BCUT2D eigenvalue weighted by atomic mass is 9.75. The molecule has 0 bridgehead atoms. The zero-order valence-electron chi connectivity index (χ0n) is 9.34. The molecule has 2 aliphatic rings. The van der Waals surface area contributed by atoms with Crippen LogP contribution in [0.25, 0.3) is 0 Å². The fourth-order valence-electron chi connectivity index (χ4n) is 2.95. The molecule has 2 atom stereocenters. The van der Waals surface area contributed by atoms with Gasteiger partial charge in [-0.25, -0.2) is 0 Å². The van der Waals surface area contributed by atoms with Gasteiger partial charge in [0.25, 0.3) is 0 Å². The van der Waals surface area contributed by atoms with Crippen LogP contribution < -0.4 is 5.32 Å². The first-order chi connectivity index (χ1) is 7.16. The second-order valence-corrected chi connectivity index (χ2v) is 6.53. The third-order valence-corrected chi connectivity index (χ3v) is 5.77. The van der Waals surface area contributed by atoms with Crippen LogP contribution in [0.3, 0.4) is 0 Å². The van der Waals surface area contributed by atoms with Gasteiger partial charge in [0.1, 0.15) is 0 Å². The molecular formula is C13H17NS. The highest BCUT2D eigenvalue weighted by atomic mass is 32.2. The molecule has 1 aromatic rings. The fourth-order valence-corrected chi connectivity index (χ4v) is 4.59. The van der Waals surface area contributed by atoms with Gasteiger partial charge in [-0.05, 0) is 44.9 Å². The second-order valence-electron chi connectivity index (χ2n) is 4.98. The van der Waals surface area contributed by atoms with E-state index in [0.29, 0.717) is 4.75 Å². The van der Waals surface area contributed by atoms with Gasteiger partial charge in [0, 0.05) is 9.64 Å². The van der Waals surface area contributed by atoms with Gasteiger partial charge in [-0.15, -0.1) is 11.8 Å². The minimum atomic E-state index is 0.173. The Morgan fingerprint density at radius 1 is 1.27 bits per heavy atom. The van der Waals surface area contributed by atoms with Crippen LogP contribution in [0.1, 0.15) is 32.3 Å². The molecule has 1 N–H and O–H groups in total. The number of fused-ring (bicyclic) bond motifs is 3. The molecule has 2 aliphatic heterocycles. The van der Waals surface area contributed by atoms with Gasteiger partial charge in [-0.1, -0.05) is 18.2 Å². The number of rotatable bonds is 0. The molecular weight excluding hydrogens is 202 g/mol. The van der Waals surface area contributed by atoms with Crippen LogP contribution in [0.2, 0.25) is 0 Å². The molecule has 0 spiro atoms. The number of piperidine rings is 1. The standard InChI is InChI=1S/C13H17NS/c1-12-8-5-9-14-13(12,2)10-6-3-4-7-11(10)15-12/h3-4,6-7,14H,5,8-9H2,1-2H3/t12-,13?/m0/s1. The van der Waals surface area contributed by atoms with E-state index in [1.807, 2.05) is 0 Å². The Morgan fingerprint density at radius 3 is 2.93 bits per heavy atom. The van der Waals surface area contributed by atoms with E-state index in [1.54, 1.807) is 0 Å². The maximum Gasteiger partial charge on any atom is 0.0566 e. The smallest absolute Gasteiger partial charge is 0.0566 e. The van der Waals surface area contributed by atoms with Crippen molar-refractivity contribution in [1.82, 2.24) is 5.32 Å². The van der Waals surface area contributed by atoms with Crippen molar-refractivity contribution in [1.29, 1.82) is 0 Å². The van der Waals surface area contributed by atoms with Crippen molar-refractivity contribution in [2.24, 2.45) is 0 Å². The first-order valence-electron chi connectivity index (χ1n) is 5.69. The number of benzene rings is 1. The molecule has 80 valence electrons. The van der Waals surface area contributed by atoms with Crippen LogP contribution in [-0.4, -0.2) is 11.3 Å². The molecule has 1 fully saturated rings. The van der Waals surface area contributed by atoms with Crippen molar-refractivity contribution in [2.45, 2.75) is 41.9 Å². The van der Waals surface area contributed by atoms with Crippen LogP contribution in [0.15, 0.2) is 29.2 Å². The van der Waals surface area contributed by atoms with Gasteiger partial charge in [0.15, 0.2) is 0 Å². The molecule has 2 heteroatoms. The summed E-state index contributed by atoms with van der Waals surface area (Å²) in [7, 11) is 0. The summed E-state index contributed by atoms with van der Waals surface area (Å²) in [6.07, 6.45) is 2.61. The molecule has 1 aromatic carbocycles. The Hall–Kier alpha value is -0.470. The van der Waals surface area contributed by atoms with E-state index in [9.17, 15) is 0 Å². The maximum absolute atomic E-state index is 3.73. The Labute approximate surface area is 95.6 Å². The molecule has 0 aromatic heterocycles. The molecule has 2 heterocycles. The maximum atomic E-state index is 3.73. The highest BCUT2D eigenvalue weighted by Crippen LogP contribution is 2.58. The average molecular weight is 219 g/mol. The summed E-state index contributed by atoms with van der Waals surface area (Å²) in [6, 6.07) is 8.85. The van der Waals surface area contributed by atoms with E-state index in [4.69, 9.17) is 0 Å². The third-order valence-electron chi connectivity index (χ3n) is 4.13. The lowest BCUT2D eigenvalue weighted by molar-refractivity contribution is 0.229. The van der Waals surface area contributed by atoms with Crippen LogP contribution in [0, 0.1) is 0 Å². The Morgan fingerprint density at radius 2 is 2.07 bits per heavy atom. The molecule has 3 rings (SSSR count). The Balaban J connectivity index is 2.17. The molecule has 15 heavy (non-hydrogen) atoms. The number of hydrogen-bond donors (Lipinski definition) is 1. The summed E-state index contributed by atoms with van der Waals surface area (Å²) >= 11 is 2.06. The first kappa shape index (κ1) is 9.73. The van der Waals surface area contributed by atoms with Crippen molar-refractivity contribution < 1.29 is 0 Å². The quantitative estimate of drug-likeness (QED) is 0.719. The molecule has 0 saturated carbocycles. The van der Waals surface area contributed by atoms with Crippen molar-refractivity contribution in [3.63, 3.8) is 0 Å². The Bertz CT molecular complexity index is 403. The predicted octanol–water partition coefficient (Wildman–Crippen LogP) is 3.15. The minimum absolute atomic E-state index is 0.173. The normalized spacial score (nSPS) is 38.5. The lowest BCUT2D eigenvalue weighted by Gasteiger charge is -2.45. The van der Waals surface area contributed by atoms with Gasteiger partial charge < -0.3 is 5.32 Å². The zero-order chi connectivity index (χ0) is 10.5. The SMILES string of the molecule is CC12NCCC[C@]1(C)Sc1ccccc12. The van der Waals surface area contributed by atoms with Crippen LogP contribution in [0.5, 0.6) is 0 Å². The average Bonchev–Trinajstić information content (AvgIpc) is 2.47. The Kier molecular flexibility index (Phi) is 1.96. The van der Waals surface area contributed by atoms with Gasteiger partial charge in [0.2, 0.25) is 0 Å². The summed E-state index contributed by atoms with van der Waals surface area (Å²) in [6.45, 7) is 5.93. The van der Waals surface area contributed by atoms with E-state index < -0.39 is 0 Å². The van der Waals surface area contributed by atoms with Crippen LogP contribution in [0.4, 0.5) is 0 Å². The van der Waals surface area contributed by atoms with Gasteiger partial charge in [-0.3, -0.25) is 0 Å². The molecule has 0 radical (unpaired) electrons. The number of nitrogens with one attached hydrogen (secondary N) is 1.